The van der Waals surface area contributed by atoms with Crippen LogP contribution < -0.4 is 5.32 Å². The zero-order valence-corrected chi connectivity index (χ0v) is 29.3. The number of likely N-dealkylation sites (tertiary alicyclic amines) is 2. The van der Waals surface area contributed by atoms with E-state index in [0.29, 0.717) is 43.6 Å². The van der Waals surface area contributed by atoms with Gasteiger partial charge < -0.3 is 34.2 Å². The Morgan fingerprint density at radius 2 is 1.65 bits per heavy atom. The molecule has 0 radical (unpaired) electrons. The Balaban J connectivity index is 0.958. The molecule has 9 aliphatic rings. The van der Waals surface area contributed by atoms with E-state index in [-0.39, 0.29) is 48.0 Å². The van der Waals surface area contributed by atoms with Crippen LogP contribution in [0.2, 0.25) is 0 Å². The van der Waals surface area contributed by atoms with Crippen LogP contribution in [-0.4, -0.2) is 152 Å². The predicted molar refractivity (Wildman–Crippen MR) is 182 cm³/mol. The van der Waals surface area contributed by atoms with Crippen LogP contribution >= 0.6 is 0 Å². The summed E-state index contributed by atoms with van der Waals surface area (Å²) in [6.07, 6.45) is 12.9. The average Bonchev–Trinajstić information content (AvgIpc) is 3.80. The van der Waals surface area contributed by atoms with Crippen LogP contribution in [0.3, 0.4) is 0 Å². The SMILES string of the molecule is O=C1C(C(=O)N2CCC(N3CCCC3)CC2)=CN2C3CC4OC5CCCCC5C4CC3OC3C(NCCCN4CCOCC4)C(F)CC1C32. The van der Waals surface area contributed by atoms with Crippen LogP contribution in [0.15, 0.2) is 11.8 Å². The molecule has 11 unspecified atom stereocenters. The van der Waals surface area contributed by atoms with E-state index in [2.05, 4.69) is 20.0 Å². The van der Waals surface area contributed by atoms with Crippen molar-refractivity contribution in [2.24, 2.45) is 17.8 Å². The van der Waals surface area contributed by atoms with Gasteiger partial charge in [-0.3, -0.25) is 14.5 Å². The van der Waals surface area contributed by atoms with Crippen molar-refractivity contribution >= 4 is 11.7 Å². The van der Waals surface area contributed by atoms with Crippen LogP contribution in [0.5, 0.6) is 0 Å². The minimum atomic E-state index is -1.21. The Kier molecular flexibility index (Phi) is 9.54. The number of nitrogens with zero attached hydrogens (tertiary/aromatic N) is 4. The molecule has 0 bridgehead atoms. The highest BCUT2D eigenvalue weighted by atomic mass is 19.1. The van der Waals surface area contributed by atoms with Gasteiger partial charge in [0.1, 0.15) is 6.17 Å². The molecule has 5 saturated heterocycles. The largest absolute Gasteiger partial charge is 0.379 e. The number of halogens is 1. The molecule has 1 amide bonds. The van der Waals surface area contributed by atoms with Crippen molar-refractivity contribution < 1.29 is 28.2 Å². The standard InChI is InChI=1S/C38H58FN5O5/c39-29-20-27-35-37(34(29)40-10-5-11-41-16-18-47-19-17-41)49-33-21-26-25-6-1-2-7-31(25)48-32(26)22-30(33)44(35)23-28(36(27)45)38(46)43-14-8-24(9-15-43)42-12-3-4-13-42/h23-27,29-35,37,40H,1-22H2. The monoisotopic (exact) mass is 683 g/mol. The van der Waals surface area contributed by atoms with Gasteiger partial charge in [0.15, 0.2) is 5.78 Å². The third kappa shape index (κ3) is 6.20. The lowest BCUT2D eigenvalue weighted by molar-refractivity contribution is -0.209. The molecule has 11 atom stereocenters. The number of hydrogen-bond donors (Lipinski definition) is 1. The molecule has 0 aromatic heterocycles. The highest BCUT2D eigenvalue weighted by Crippen LogP contribution is 2.52. The second-order valence-corrected chi connectivity index (χ2v) is 16.8. The molecule has 272 valence electrons. The quantitative estimate of drug-likeness (QED) is 0.322. The number of fused-ring (bicyclic) bond motifs is 5. The van der Waals surface area contributed by atoms with Gasteiger partial charge >= 0.3 is 0 Å². The number of nitrogens with one attached hydrogen (secondary N) is 1. The number of Topliss-reactive ketones (excluding diaryl/α,β-unsaturated/α-hetero) is 1. The van der Waals surface area contributed by atoms with Crippen LogP contribution in [-0.2, 0) is 23.8 Å². The first-order valence-corrected chi connectivity index (χ1v) is 20.1. The van der Waals surface area contributed by atoms with E-state index in [1.54, 1.807) is 0 Å². The van der Waals surface area contributed by atoms with Crippen molar-refractivity contribution in [3.8, 4) is 0 Å². The summed E-state index contributed by atoms with van der Waals surface area (Å²) in [4.78, 5) is 37.8. The van der Waals surface area contributed by atoms with Crippen LogP contribution in [0.25, 0.3) is 0 Å². The fourth-order valence-electron chi connectivity index (χ4n) is 11.7. The number of ketones is 1. The number of ether oxygens (including phenoxy) is 3. The zero-order valence-electron chi connectivity index (χ0n) is 29.3. The molecule has 6 heterocycles. The normalized spacial score (nSPS) is 43.1. The van der Waals surface area contributed by atoms with Crippen molar-refractivity contribution in [2.45, 2.75) is 132 Å². The summed E-state index contributed by atoms with van der Waals surface area (Å²) >= 11 is 0. The first-order valence-electron chi connectivity index (χ1n) is 20.1. The lowest BCUT2D eigenvalue weighted by Crippen LogP contribution is -2.73. The van der Waals surface area contributed by atoms with E-state index in [1.165, 1.54) is 32.1 Å². The Bertz CT molecular complexity index is 1250. The topological polar surface area (TPSA) is 86.8 Å². The van der Waals surface area contributed by atoms with Crippen LogP contribution in [0.1, 0.15) is 77.0 Å². The van der Waals surface area contributed by atoms with Gasteiger partial charge in [-0.05, 0) is 102 Å². The van der Waals surface area contributed by atoms with Gasteiger partial charge in [-0.2, -0.15) is 0 Å². The second-order valence-electron chi connectivity index (χ2n) is 16.8. The molecular formula is C38H58FN5O5. The number of piperidine rings is 1. The van der Waals surface area contributed by atoms with E-state index < -0.39 is 24.2 Å². The summed E-state index contributed by atoms with van der Waals surface area (Å²) in [5.41, 5.74) is 0.271. The fraction of sp³-hybridized carbons (Fsp3) is 0.895. The molecule has 9 rings (SSSR count). The van der Waals surface area contributed by atoms with Gasteiger partial charge in [-0.15, -0.1) is 0 Å². The van der Waals surface area contributed by atoms with Crippen LogP contribution in [0.4, 0.5) is 4.39 Å². The number of alkyl halides is 1. The number of carbonyl (C=O) groups is 2. The molecule has 3 saturated carbocycles. The molecule has 0 spiro atoms. The summed E-state index contributed by atoms with van der Waals surface area (Å²) in [6.45, 7) is 8.79. The smallest absolute Gasteiger partial charge is 0.258 e. The highest BCUT2D eigenvalue weighted by molar-refractivity contribution is 6.20. The maximum atomic E-state index is 16.4. The van der Waals surface area contributed by atoms with E-state index in [1.807, 2.05) is 11.1 Å². The summed E-state index contributed by atoms with van der Waals surface area (Å²) in [6, 6.07) is -0.185. The lowest BCUT2D eigenvalue weighted by Gasteiger charge is -2.60. The molecular weight excluding hydrogens is 625 g/mol. The second kappa shape index (κ2) is 14.1. The summed E-state index contributed by atoms with van der Waals surface area (Å²) in [7, 11) is 0. The summed E-state index contributed by atoms with van der Waals surface area (Å²) in [5, 5.41) is 3.59. The number of carbonyl (C=O) groups excluding carboxylic acids is 2. The minimum absolute atomic E-state index is 0.0279. The molecule has 11 heteroatoms. The van der Waals surface area contributed by atoms with Crippen molar-refractivity contribution in [3.63, 3.8) is 0 Å². The minimum Gasteiger partial charge on any atom is -0.379 e. The third-order valence-corrected chi connectivity index (χ3v) is 14.2. The summed E-state index contributed by atoms with van der Waals surface area (Å²) in [5.74, 6) is 0.145. The van der Waals surface area contributed by atoms with E-state index >= 15 is 4.39 Å². The Morgan fingerprint density at radius 1 is 0.857 bits per heavy atom. The molecule has 1 N–H and O–H groups in total. The van der Waals surface area contributed by atoms with Gasteiger partial charge in [0.2, 0.25) is 0 Å². The molecule has 49 heavy (non-hydrogen) atoms. The van der Waals surface area contributed by atoms with Gasteiger partial charge in [0.05, 0.1) is 61.3 Å². The van der Waals surface area contributed by atoms with Gasteiger partial charge in [0.25, 0.3) is 5.91 Å². The maximum absolute atomic E-state index is 16.4. The Morgan fingerprint density at radius 3 is 2.47 bits per heavy atom. The number of morpholine rings is 2. The number of amides is 1. The third-order valence-electron chi connectivity index (χ3n) is 14.2. The molecule has 10 nitrogen and oxygen atoms in total. The van der Waals surface area contributed by atoms with E-state index in [9.17, 15) is 9.59 Å². The van der Waals surface area contributed by atoms with Gasteiger partial charge in [-0.25, -0.2) is 4.39 Å². The highest BCUT2D eigenvalue weighted by Gasteiger charge is 2.61. The summed E-state index contributed by atoms with van der Waals surface area (Å²) < 4.78 is 35.7. The maximum Gasteiger partial charge on any atom is 0.258 e. The molecule has 0 aromatic carbocycles. The predicted octanol–water partition coefficient (Wildman–Crippen LogP) is 2.75. The molecule has 6 aliphatic heterocycles. The number of hydrogen-bond acceptors (Lipinski definition) is 9. The zero-order chi connectivity index (χ0) is 33.1. The van der Waals surface area contributed by atoms with Crippen LogP contribution in [0, 0.1) is 17.8 Å². The van der Waals surface area contributed by atoms with Gasteiger partial charge in [-0.1, -0.05) is 12.8 Å². The first-order chi connectivity index (χ1) is 24.0. The van der Waals surface area contributed by atoms with Crippen molar-refractivity contribution in [2.75, 3.05) is 65.6 Å². The average molecular weight is 684 g/mol. The van der Waals surface area contributed by atoms with Crippen molar-refractivity contribution in [3.05, 3.63) is 11.8 Å². The fourth-order valence-corrected chi connectivity index (χ4v) is 11.7. The van der Waals surface area contributed by atoms with Crippen molar-refractivity contribution in [1.29, 1.82) is 0 Å². The lowest BCUT2D eigenvalue weighted by atomic mass is 9.67. The molecule has 0 aromatic rings. The Hall–Kier alpha value is -1.63. The van der Waals surface area contributed by atoms with Gasteiger partial charge in [0, 0.05) is 44.3 Å². The molecule has 8 fully saturated rings. The first kappa shape index (κ1) is 33.2. The Labute approximate surface area is 291 Å². The van der Waals surface area contributed by atoms with Crippen molar-refractivity contribution in [1.82, 2.24) is 24.9 Å². The number of rotatable bonds is 7. The van der Waals surface area contributed by atoms with E-state index in [4.69, 9.17) is 14.2 Å². The molecule has 3 aliphatic carbocycles. The van der Waals surface area contributed by atoms with E-state index in [0.717, 1.165) is 84.5 Å².